The number of hydrogen-bond acceptors (Lipinski definition) is 5. The van der Waals surface area contributed by atoms with Crippen molar-refractivity contribution in [3.05, 3.63) is 16.8 Å². The van der Waals surface area contributed by atoms with Crippen LogP contribution in [0.5, 0.6) is 0 Å². The summed E-state index contributed by atoms with van der Waals surface area (Å²) in [7, 11) is 0. The second kappa shape index (κ2) is 5.26. The number of hydrogen-bond donors (Lipinski definition) is 1. The van der Waals surface area contributed by atoms with Crippen molar-refractivity contribution in [3.8, 4) is 0 Å². The number of carbonyl (C=O) groups is 1. The Kier molecular flexibility index (Phi) is 3.57. The van der Waals surface area contributed by atoms with Gasteiger partial charge in [0.15, 0.2) is 0 Å². The van der Waals surface area contributed by atoms with Crippen LogP contribution in [0.4, 0.5) is 5.82 Å². The Morgan fingerprint density at radius 2 is 2.24 bits per heavy atom. The third-order valence-corrected chi connectivity index (χ3v) is 5.56. The molecule has 2 aromatic heterocycles. The van der Waals surface area contributed by atoms with Gasteiger partial charge in [-0.3, -0.25) is 0 Å². The van der Waals surface area contributed by atoms with Gasteiger partial charge < -0.3 is 10.0 Å². The van der Waals surface area contributed by atoms with Crippen molar-refractivity contribution in [2.24, 2.45) is 11.8 Å². The van der Waals surface area contributed by atoms with E-state index < -0.39 is 5.97 Å². The van der Waals surface area contributed by atoms with Gasteiger partial charge in [-0.05, 0) is 30.7 Å². The van der Waals surface area contributed by atoms with Crippen LogP contribution in [0.15, 0.2) is 6.33 Å². The third-order valence-electron chi connectivity index (χ3n) is 4.37. The van der Waals surface area contributed by atoms with Crippen LogP contribution in [0.1, 0.15) is 35.5 Å². The van der Waals surface area contributed by atoms with Crippen LogP contribution in [-0.2, 0) is 0 Å². The van der Waals surface area contributed by atoms with Crippen LogP contribution in [0.2, 0.25) is 0 Å². The number of fused-ring (bicyclic) bond motifs is 1. The molecular weight excluding hydrogens is 286 g/mol. The molecule has 0 saturated carbocycles. The minimum atomic E-state index is -0.886. The summed E-state index contributed by atoms with van der Waals surface area (Å²) in [5.74, 6) is 1.34. The SMILES string of the molecule is Cc1c(C(=O)O)sc2ncnc(N3CCC(C(C)C)C3)c12. The lowest BCUT2D eigenvalue weighted by atomic mass is 9.95. The molecule has 5 nitrogen and oxygen atoms in total. The molecule has 0 spiro atoms. The van der Waals surface area contributed by atoms with Crippen LogP contribution in [-0.4, -0.2) is 34.1 Å². The van der Waals surface area contributed by atoms with E-state index in [1.54, 1.807) is 6.33 Å². The number of aryl methyl sites for hydroxylation is 1. The molecule has 1 fully saturated rings. The molecule has 0 aromatic carbocycles. The van der Waals surface area contributed by atoms with Crippen molar-refractivity contribution in [1.29, 1.82) is 0 Å². The Hall–Kier alpha value is -1.69. The van der Waals surface area contributed by atoms with E-state index in [4.69, 9.17) is 0 Å². The van der Waals surface area contributed by atoms with E-state index in [1.165, 1.54) is 11.3 Å². The fourth-order valence-electron chi connectivity index (χ4n) is 3.02. The van der Waals surface area contributed by atoms with Crippen molar-refractivity contribution in [2.45, 2.75) is 27.2 Å². The van der Waals surface area contributed by atoms with E-state index in [1.807, 2.05) is 6.92 Å². The first-order chi connectivity index (χ1) is 9.99. The lowest BCUT2D eigenvalue weighted by Crippen LogP contribution is -2.22. The van der Waals surface area contributed by atoms with Crippen molar-refractivity contribution >= 4 is 33.3 Å². The summed E-state index contributed by atoms with van der Waals surface area (Å²) in [5.41, 5.74) is 0.783. The second-order valence-corrected chi connectivity index (χ2v) is 6.98. The molecule has 1 unspecified atom stereocenters. The Balaban J connectivity index is 2.05. The average Bonchev–Trinajstić information content (AvgIpc) is 3.04. The summed E-state index contributed by atoms with van der Waals surface area (Å²) < 4.78 is 0. The fraction of sp³-hybridized carbons (Fsp3) is 0.533. The summed E-state index contributed by atoms with van der Waals surface area (Å²) in [5, 5.41) is 10.2. The quantitative estimate of drug-likeness (QED) is 0.943. The Bertz CT molecular complexity index is 696. The van der Waals surface area contributed by atoms with Crippen molar-refractivity contribution in [2.75, 3.05) is 18.0 Å². The summed E-state index contributed by atoms with van der Waals surface area (Å²) in [6, 6.07) is 0. The van der Waals surface area contributed by atoms with Crippen molar-refractivity contribution < 1.29 is 9.90 Å². The maximum absolute atomic E-state index is 11.3. The number of aromatic nitrogens is 2. The molecule has 1 N–H and O–H groups in total. The number of rotatable bonds is 3. The average molecular weight is 305 g/mol. The van der Waals surface area contributed by atoms with E-state index >= 15 is 0 Å². The van der Waals surface area contributed by atoms with Crippen molar-refractivity contribution in [3.63, 3.8) is 0 Å². The summed E-state index contributed by atoms with van der Waals surface area (Å²) in [6.45, 7) is 8.32. The topological polar surface area (TPSA) is 66.3 Å². The molecular formula is C15H19N3O2S. The molecule has 21 heavy (non-hydrogen) atoms. The van der Waals surface area contributed by atoms with Gasteiger partial charge in [0.05, 0.1) is 5.39 Å². The zero-order chi connectivity index (χ0) is 15.1. The van der Waals surface area contributed by atoms with E-state index in [-0.39, 0.29) is 0 Å². The van der Waals surface area contributed by atoms with E-state index in [0.717, 1.165) is 41.1 Å². The highest BCUT2D eigenvalue weighted by molar-refractivity contribution is 7.20. The van der Waals surface area contributed by atoms with Gasteiger partial charge >= 0.3 is 5.97 Å². The van der Waals surface area contributed by atoms with Gasteiger partial charge in [-0.25, -0.2) is 14.8 Å². The van der Waals surface area contributed by atoms with E-state index in [0.29, 0.717) is 16.7 Å². The predicted octanol–water partition coefficient (Wildman–Crippen LogP) is 3.18. The highest BCUT2D eigenvalue weighted by Gasteiger charge is 2.28. The molecule has 0 amide bonds. The van der Waals surface area contributed by atoms with Crippen LogP contribution in [0.25, 0.3) is 10.2 Å². The smallest absolute Gasteiger partial charge is 0.346 e. The van der Waals surface area contributed by atoms with Gasteiger partial charge in [0, 0.05) is 13.1 Å². The molecule has 112 valence electrons. The molecule has 1 saturated heterocycles. The molecule has 2 aromatic rings. The van der Waals surface area contributed by atoms with E-state index in [2.05, 4.69) is 28.7 Å². The molecule has 3 rings (SSSR count). The highest BCUT2D eigenvalue weighted by Crippen LogP contribution is 2.37. The molecule has 6 heteroatoms. The maximum Gasteiger partial charge on any atom is 0.346 e. The zero-order valence-electron chi connectivity index (χ0n) is 12.5. The molecule has 0 radical (unpaired) electrons. The molecule has 1 aliphatic rings. The molecule has 3 heterocycles. The number of anilines is 1. The Labute approximate surface area is 127 Å². The Morgan fingerprint density at radius 3 is 2.86 bits per heavy atom. The second-order valence-electron chi connectivity index (χ2n) is 5.98. The van der Waals surface area contributed by atoms with Crippen LogP contribution in [0.3, 0.4) is 0 Å². The van der Waals surface area contributed by atoms with E-state index in [9.17, 15) is 9.90 Å². The zero-order valence-corrected chi connectivity index (χ0v) is 13.3. The van der Waals surface area contributed by atoms with Crippen LogP contribution >= 0.6 is 11.3 Å². The normalized spacial score (nSPS) is 18.9. The minimum absolute atomic E-state index is 0.367. The Morgan fingerprint density at radius 1 is 1.48 bits per heavy atom. The molecule has 1 aliphatic heterocycles. The lowest BCUT2D eigenvalue weighted by Gasteiger charge is -2.19. The number of thiophene rings is 1. The van der Waals surface area contributed by atoms with Crippen molar-refractivity contribution in [1.82, 2.24) is 9.97 Å². The number of aromatic carboxylic acids is 1. The standard InChI is InChI=1S/C15H19N3O2S/c1-8(2)10-4-5-18(6-10)13-11-9(3)12(15(19)20)21-14(11)17-7-16-13/h7-8,10H,4-6H2,1-3H3,(H,19,20). The van der Waals surface area contributed by atoms with Gasteiger partial charge in [-0.2, -0.15) is 0 Å². The maximum atomic E-state index is 11.3. The first-order valence-electron chi connectivity index (χ1n) is 7.21. The largest absolute Gasteiger partial charge is 0.477 e. The fourth-order valence-corrected chi connectivity index (χ4v) is 4.00. The van der Waals surface area contributed by atoms with Crippen LogP contribution in [0, 0.1) is 18.8 Å². The van der Waals surface area contributed by atoms with Gasteiger partial charge in [0.1, 0.15) is 21.9 Å². The molecule has 0 aliphatic carbocycles. The number of carboxylic acid groups (broad SMARTS) is 1. The first kappa shape index (κ1) is 14.3. The minimum Gasteiger partial charge on any atom is -0.477 e. The summed E-state index contributed by atoms with van der Waals surface area (Å²) in [6.07, 6.45) is 2.71. The van der Waals surface area contributed by atoms with Gasteiger partial charge in [0.25, 0.3) is 0 Å². The molecule has 0 bridgehead atoms. The number of nitrogens with zero attached hydrogens (tertiary/aromatic N) is 3. The van der Waals surface area contributed by atoms with Gasteiger partial charge in [0.2, 0.25) is 0 Å². The highest BCUT2D eigenvalue weighted by atomic mass is 32.1. The monoisotopic (exact) mass is 305 g/mol. The lowest BCUT2D eigenvalue weighted by molar-refractivity contribution is 0.0701. The predicted molar refractivity (Wildman–Crippen MR) is 84.3 cm³/mol. The number of carboxylic acids is 1. The van der Waals surface area contributed by atoms with Gasteiger partial charge in [-0.15, -0.1) is 11.3 Å². The van der Waals surface area contributed by atoms with Crippen LogP contribution < -0.4 is 4.90 Å². The summed E-state index contributed by atoms with van der Waals surface area (Å²) in [4.78, 5) is 23.4. The first-order valence-corrected chi connectivity index (χ1v) is 8.03. The third kappa shape index (κ3) is 2.37. The summed E-state index contributed by atoms with van der Waals surface area (Å²) >= 11 is 1.23. The molecule has 1 atom stereocenters. The van der Waals surface area contributed by atoms with Gasteiger partial charge in [-0.1, -0.05) is 13.8 Å².